The Labute approximate surface area is 103 Å². The van der Waals surface area contributed by atoms with Crippen LogP contribution in [0, 0.1) is 12.3 Å². The fraction of sp³-hybridized carbons (Fsp3) is 0.692. The molecule has 0 fully saturated rings. The normalized spacial score (nSPS) is 14.4. The maximum atomic E-state index is 5.83. The van der Waals surface area contributed by atoms with Crippen molar-refractivity contribution in [1.29, 1.82) is 0 Å². The summed E-state index contributed by atoms with van der Waals surface area (Å²) in [6, 6.07) is 2.69. The summed E-state index contributed by atoms with van der Waals surface area (Å²) in [6.07, 6.45) is 1.11. The molecule has 92 valence electrons. The number of nitrogens with two attached hydrogens (primary N) is 1. The Kier molecular flexibility index (Phi) is 4.53. The fourth-order valence-electron chi connectivity index (χ4n) is 1.84. The summed E-state index contributed by atoms with van der Waals surface area (Å²) < 4.78 is 0. The maximum absolute atomic E-state index is 5.83. The number of rotatable bonds is 5. The van der Waals surface area contributed by atoms with E-state index in [1.54, 1.807) is 0 Å². The van der Waals surface area contributed by atoms with Crippen LogP contribution in [0.1, 0.15) is 36.8 Å². The standard InChI is InChI=1S/C13H24N2S/c1-10-6-7-16-12(10)11(15(4)5)8-13(2,3)9-14/h6-7,11H,8-9,14H2,1-5H3. The van der Waals surface area contributed by atoms with Gasteiger partial charge in [0.1, 0.15) is 0 Å². The molecule has 0 aliphatic carbocycles. The van der Waals surface area contributed by atoms with E-state index in [1.807, 2.05) is 11.3 Å². The molecular weight excluding hydrogens is 216 g/mol. The molecule has 1 heterocycles. The lowest BCUT2D eigenvalue weighted by molar-refractivity contribution is 0.205. The van der Waals surface area contributed by atoms with Crippen molar-refractivity contribution in [2.45, 2.75) is 33.2 Å². The lowest BCUT2D eigenvalue weighted by Crippen LogP contribution is -2.31. The van der Waals surface area contributed by atoms with Gasteiger partial charge in [0.25, 0.3) is 0 Å². The van der Waals surface area contributed by atoms with E-state index < -0.39 is 0 Å². The molecule has 0 amide bonds. The molecule has 0 aliphatic rings. The lowest BCUT2D eigenvalue weighted by atomic mass is 9.84. The molecule has 16 heavy (non-hydrogen) atoms. The Morgan fingerprint density at radius 3 is 2.44 bits per heavy atom. The van der Waals surface area contributed by atoms with Crippen LogP contribution in [-0.4, -0.2) is 25.5 Å². The molecule has 1 aromatic rings. The quantitative estimate of drug-likeness (QED) is 0.857. The maximum Gasteiger partial charge on any atom is 0.0443 e. The zero-order valence-electron chi connectivity index (χ0n) is 11.1. The lowest BCUT2D eigenvalue weighted by Gasteiger charge is -2.32. The van der Waals surface area contributed by atoms with Gasteiger partial charge in [-0.15, -0.1) is 11.3 Å². The summed E-state index contributed by atoms with van der Waals surface area (Å²) in [4.78, 5) is 3.78. The minimum Gasteiger partial charge on any atom is -0.330 e. The van der Waals surface area contributed by atoms with Crippen molar-refractivity contribution in [2.24, 2.45) is 11.1 Å². The van der Waals surface area contributed by atoms with Crippen molar-refractivity contribution in [3.05, 3.63) is 21.9 Å². The molecule has 0 aromatic carbocycles. The van der Waals surface area contributed by atoms with E-state index in [0.717, 1.165) is 13.0 Å². The van der Waals surface area contributed by atoms with Crippen LogP contribution in [0.2, 0.25) is 0 Å². The molecule has 1 aromatic heterocycles. The smallest absolute Gasteiger partial charge is 0.0443 e. The van der Waals surface area contributed by atoms with Crippen LogP contribution in [0.4, 0.5) is 0 Å². The van der Waals surface area contributed by atoms with E-state index >= 15 is 0 Å². The second-order valence-electron chi connectivity index (χ2n) is 5.52. The Bertz CT molecular complexity index is 328. The van der Waals surface area contributed by atoms with Crippen LogP contribution in [0.5, 0.6) is 0 Å². The summed E-state index contributed by atoms with van der Waals surface area (Å²) in [5.74, 6) is 0. The van der Waals surface area contributed by atoms with E-state index in [-0.39, 0.29) is 5.41 Å². The third kappa shape index (κ3) is 3.30. The molecule has 2 nitrogen and oxygen atoms in total. The van der Waals surface area contributed by atoms with Gasteiger partial charge in [-0.3, -0.25) is 0 Å². The summed E-state index contributed by atoms with van der Waals surface area (Å²) in [5, 5.41) is 2.18. The molecular formula is C13H24N2S. The van der Waals surface area contributed by atoms with E-state index in [0.29, 0.717) is 6.04 Å². The molecule has 0 aliphatic heterocycles. The molecule has 3 heteroatoms. The van der Waals surface area contributed by atoms with Gasteiger partial charge >= 0.3 is 0 Å². The van der Waals surface area contributed by atoms with Crippen molar-refractivity contribution < 1.29 is 0 Å². The van der Waals surface area contributed by atoms with Crippen LogP contribution in [-0.2, 0) is 0 Å². The van der Waals surface area contributed by atoms with E-state index in [4.69, 9.17) is 5.73 Å². The summed E-state index contributed by atoms with van der Waals surface area (Å²) in [5.41, 5.74) is 7.43. The predicted molar refractivity (Wildman–Crippen MR) is 72.9 cm³/mol. The Morgan fingerprint density at radius 1 is 1.44 bits per heavy atom. The van der Waals surface area contributed by atoms with Crippen molar-refractivity contribution >= 4 is 11.3 Å². The zero-order chi connectivity index (χ0) is 12.3. The van der Waals surface area contributed by atoms with Gasteiger partial charge in [-0.25, -0.2) is 0 Å². The number of hydrogen-bond donors (Lipinski definition) is 1. The Hall–Kier alpha value is -0.380. The highest BCUT2D eigenvalue weighted by Crippen LogP contribution is 2.36. The first-order valence-electron chi connectivity index (χ1n) is 5.78. The SMILES string of the molecule is Cc1ccsc1C(CC(C)(C)CN)N(C)C. The molecule has 1 rings (SSSR count). The van der Waals surface area contributed by atoms with Crippen molar-refractivity contribution in [3.8, 4) is 0 Å². The van der Waals surface area contributed by atoms with Gasteiger partial charge in [0.2, 0.25) is 0 Å². The van der Waals surface area contributed by atoms with Crippen molar-refractivity contribution in [2.75, 3.05) is 20.6 Å². The monoisotopic (exact) mass is 240 g/mol. The fourth-order valence-corrected chi connectivity index (χ4v) is 2.97. The van der Waals surface area contributed by atoms with Crippen LogP contribution < -0.4 is 5.73 Å². The van der Waals surface area contributed by atoms with Crippen molar-refractivity contribution in [3.63, 3.8) is 0 Å². The number of nitrogens with zero attached hydrogens (tertiary/aromatic N) is 1. The molecule has 2 N–H and O–H groups in total. The molecule has 0 saturated heterocycles. The van der Waals surface area contributed by atoms with Gasteiger partial charge in [0.15, 0.2) is 0 Å². The van der Waals surface area contributed by atoms with Crippen LogP contribution in [0.25, 0.3) is 0 Å². The Morgan fingerprint density at radius 2 is 2.06 bits per heavy atom. The molecule has 0 saturated carbocycles. The minimum absolute atomic E-state index is 0.200. The largest absolute Gasteiger partial charge is 0.330 e. The first-order valence-corrected chi connectivity index (χ1v) is 6.66. The van der Waals surface area contributed by atoms with Gasteiger partial charge in [-0.05, 0) is 56.4 Å². The minimum atomic E-state index is 0.200. The molecule has 1 unspecified atom stereocenters. The number of aryl methyl sites for hydroxylation is 1. The zero-order valence-corrected chi connectivity index (χ0v) is 11.9. The van der Waals surface area contributed by atoms with Crippen LogP contribution in [0.15, 0.2) is 11.4 Å². The summed E-state index contributed by atoms with van der Waals surface area (Å²) in [6.45, 7) is 7.42. The third-order valence-corrected chi connectivity index (χ3v) is 4.25. The van der Waals surface area contributed by atoms with Gasteiger partial charge in [-0.2, -0.15) is 0 Å². The highest BCUT2D eigenvalue weighted by molar-refractivity contribution is 7.10. The van der Waals surface area contributed by atoms with Crippen molar-refractivity contribution in [1.82, 2.24) is 4.90 Å². The predicted octanol–water partition coefficient (Wildman–Crippen LogP) is 3.03. The van der Waals surface area contributed by atoms with Gasteiger partial charge in [-0.1, -0.05) is 13.8 Å². The van der Waals surface area contributed by atoms with Crippen LogP contribution in [0.3, 0.4) is 0 Å². The van der Waals surface area contributed by atoms with E-state index in [2.05, 4.69) is 51.2 Å². The highest BCUT2D eigenvalue weighted by atomic mass is 32.1. The molecule has 0 bridgehead atoms. The van der Waals surface area contributed by atoms with Gasteiger partial charge in [0, 0.05) is 10.9 Å². The van der Waals surface area contributed by atoms with Gasteiger partial charge < -0.3 is 10.6 Å². The molecule has 0 spiro atoms. The summed E-state index contributed by atoms with van der Waals surface area (Å²) in [7, 11) is 4.30. The van der Waals surface area contributed by atoms with Gasteiger partial charge in [0.05, 0.1) is 0 Å². The first kappa shape index (κ1) is 13.7. The van der Waals surface area contributed by atoms with E-state index in [1.165, 1.54) is 10.4 Å². The first-order chi connectivity index (χ1) is 7.37. The van der Waals surface area contributed by atoms with E-state index in [9.17, 15) is 0 Å². The second kappa shape index (κ2) is 5.30. The average Bonchev–Trinajstić information content (AvgIpc) is 2.61. The summed E-state index contributed by atoms with van der Waals surface area (Å²) >= 11 is 1.85. The highest BCUT2D eigenvalue weighted by Gasteiger charge is 2.26. The topological polar surface area (TPSA) is 29.3 Å². The third-order valence-electron chi connectivity index (χ3n) is 3.13. The second-order valence-corrected chi connectivity index (χ2v) is 6.47. The number of thiophene rings is 1. The Balaban J connectivity index is 2.89. The van der Waals surface area contributed by atoms with Crippen LogP contribution >= 0.6 is 11.3 Å². The number of hydrogen-bond acceptors (Lipinski definition) is 3. The molecule has 1 atom stereocenters. The molecule has 0 radical (unpaired) electrons. The average molecular weight is 240 g/mol.